The van der Waals surface area contributed by atoms with Crippen LogP contribution in [-0.4, -0.2) is 17.6 Å². The van der Waals surface area contributed by atoms with E-state index >= 15 is 0 Å². The smallest absolute Gasteiger partial charge is 0.0631 e. The van der Waals surface area contributed by atoms with Gasteiger partial charge in [-0.3, -0.25) is 4.98 Å². The van der Waals surface area contributed by atoms with Gasteiger partial charge in [0.1, 0.15) is 0 Å². The minimum Gasteiger partial charge on any atom is -0.345 e. The van der Waals surface area contributed by atoms with Crippen LogP contribution in [0.2, 0.25) is 0 Å². The Kier molecular flexibility index (Phi) is 6.99. The normalized spacial score (nSPS) is 22.7. The molecule has 2 atom stereocenters. The number of fused-ring (bicyclic) bond motifs is 5. The molecular formula is C46H45N3. The first-order valence-electron chi connectivity index (χ1n) is 18.1. The minimum atomic E-state index is -0.0324. The van der Waals surface area contributed by atoms with Crippen molar-refractivity contribution in [3.8, 4) is 0 Å². The second-order valence-electron chi connectivity index (χ2n) is 15.5. The number of pyridine rings is 1. The standard InChI is InChI=1S/C46H45N3/c1-45(2)38-14-6-9-17-43(38)49(44-18-10-7-15-39(44)45)35-23-22-33(47-30-35)21-19-31-20-25-36-37-26-24-34(29-41(37)46(3,4)40(36)28-31)48-27-11-13-32-12-5-8-16-42(32)48/h5-10,12,14-23,25,28-30,38,43H,11,13,24,26-27H2,1-4H3/b21-19+. The van der Waals surface area contributed by atoms with Crippen LogP contribution in [0.5, 0.6) is 0 Å². The van der Waals surface area contributed by atoms with Crippen molar-refractivity contribution in [1.29, 1.82) is 0 Å². The lowest BCUT2D eigenvalue weighted by atomic mass is 9.65. The van der Waals surface area contributed by atoms with Gasteiger partial charge in [-0.2, -0.15) is 0 Å². The van der Waals surface area contributed by atoms with Gasteiger partial charge < -0.3 is 9.80 Å². The van der Waals surface area contributed by atoms with Crippen LogP contribution in [0.25, 0.3) is 17.7 Å². The van der Waals surface area contributed by atoms with E-state index in [-0.39, 0.29) is 16.9 Å². The molecule has 3 aliphatic carbocycles. The Balaban J connectivity index is 0.971. The summed E-state index contributed by atoms with van der Waals surface area (Å²) in [5.74, 6) is 0.389. The molecule has 0 amide bonds. The highest BCUT2D eigenvalue weighted by Gasteiger charge is 2.45. The third kappa shape index (κ3) is 4.81. The second kappa shape index (κ2) is 11.3. The number of aromatic nitrogens is 1. The van der Waals surface area contributed by atoms with Crippen LogP contribution in [0.15, 0.2) is 127 Å². The van der Waals surface area contributed by atoms with E-state index in [1.807, 2.05) is 6.20 Å². The van der Waals surface area contributed by atoms with Crippen molar-refractivity contribution >= 4 is 34.8 Å². The fourth-order valence-electron chi connectivity index (χ4n) is 9.40. The van der Waals surface area contributed by atoms with Gasteiger partial charge >= 0.3 is 0 Å². The van der Waals surface area contributed by atoms with Crippen molar-refractivity contribution in [2.24, 2.45) is 5.92 Å². The number of hydrogen-bond donors (Lipinski definition) is 0. The maximum absolute atomic E-state index is 4.95. The number of para-hydroxylation sites is 2. The Bertz CT molecular complexity index is 2120. The molecule has 3 nitrogen and oxygen atoms in total. The van der Waals surface area contributed by atoms with Gasteiger partial charge in [0.05, 0.1) is 23.6 Å². The molecule has 3 heterocycles. The minimum absolute atomic E-state index is 0.0324. The maximum Gasteiger partial charge on any atom is 0.0631 e. The zero-order valence-electron chi connectivity index (χ0n) is 29.2. The average Bonchev–Trinajstić information content (AvgIpc) is 3.36. The quantitative estimate of drug-likeness (QED) is 0.221. The van der Waals surface area contributed by atoms with E-state index in [0.717, 1.165) is 30.8 Å². The van der Waals surface area contributed by atoms with Gasteiger partial charge in [0, 0.05) is 40.4 Å². The van der Waals surface area contributed by atoms with Gasteiger partial charge in [0.2, 0.25) is 0 Å². The van der Waals surface area contributed by atoms with Crippen LogP contribution in [-0.2, 0) is 17.3 Å². The van der Waals surface area contributed by atoms with Crippen molar-refractivity contribution < 1.29 is 0 Å². The number of nitrogens with zero attached hydrogens (tertiary/aromatic N) is 3. The summed E-state index contributed by atoms with van der Waals surface area (Å²) >= 11 is 0. The molecule has 2 aliphatic heterocycles. The summed E-state index contributed by atoms with van der Waals surface area (Å²) in [6.45, 7) is 10.7. The fourth-order valence-corrected chi connectivity index (χ4v) is 9.40. The summed E-state index contributed by atoms with van der Waals surface area (Å²) in [7, 11) is 0. The molecule has 1 aromatic heterocycles. The molecular weight excluding hydrogens is 595 g/mol. The van der Waals surface area contributed by atoms with E-state index in [0.29, 0.717) is 5.92 Å². The molecule has 0 N–H and O–H groups in total. The first kappa shape index (κ1) is 30.2. The second-order valence-corrected chi connectivity index (χ2v) is 15.5. The highest BCUT2D eigenvalue weighted by molar-refractivity contribution is 5.85. The molecule has 49 heavy (non-hydrogen) atoms. The number of aryl methyl sites for hydroxylation is 1. The molecule has 244 valence electrons. The van der Waals surface area contributed by atoms with Crippen LogP contribution < -0.4 is 9.80 Å². The van der Waals surface area contributed by atoms with Crippen molar-refractivity contribution in [2.45, 2.75) is 70.3 Å². The first-order valence-corrected chi connectivity index (χ1v) is 18.1. The molecule has 9 rings (SSSR count). The summed E-state index contributed by atoms with van der Waals surface area (Å²) < 4.78 is 0. The molecule has 4 aromatic rings. The van der Waals surface area contributed by atoms with Crippen LogP contribution in [0, 0.1) is 5.92 Å². The van der Waals surface area contributed by atoms with Crippen LogP contribution in [0.3, 0.4) is 0 Å². The van der Waals surface area contributed by atoms with Gasteiger partial charge in [-0.25, -0.2) is 0 Å². The molecule has 0 spiro atoms. The number of hydrogen-bond acceptors (Lipinski definition) is 3. The topological polar surface area (TPSA) is 19.4 Å². The average molecular weight is 640 g/mol. The summed E-state index contributed by atoms with van der Waals surface area (Å²) in [5, 5.41) is 0. The monoisotopic (exact) mass is 639 g/mol. The molecule has 0 saturated carbocycles. The van der Waals surface area contributed by atoms with E-state index in [2.05, 4.69) is 159 Å². The van der Waals surface area contributed by atoms with Crippen molar-refractivity contribution in [2.75, 3.05) is 16.3 Å². The largest absolute Gasteiger partial charge is 0.345 e. The van der Waals surface area contributed by atoms with E-state index in [1.165, 1.54) is 68.9 Å². The zero-order chi connectivity index (χ0) is 33.3. The molecule has 0 saturated heterocycles. The Morgan fingerprint density at radius 3 is 2.45 bits per heavy atom. The Morgan fingerprint density at radius 1 is 0.776 bits per heavy atom. The van der Waals surface area contributed by atoms with Crippen LogP contribution >= 0.6 is 0 Å². The zero-order valence-corrected chi connectivity index (χ0v) is 29.2. The fraction of sp³-hybridized carbons (Fsp3) is 0.283. The Labute approximate surface area is 291 Å². The van der Waals surface area contributed by atoms with Gasteiger partial charge in [0.25, 0.3) is 0 Å². The van der Waals surface area contributed by atoms with Crippen LogP contribution in [0.4, 0.5) is 17.1 Å². The Morgan fingerprint density at radius 2 is 1.59 bits per heavy atom. The highest BCUT2D eigenvalue weighted by atomic mass is 15.2. The van der Waals surface area contributed by atoms with Crippen LogP contribution in [0.1, 0.15) is 80.5 Å². The van der Waals surface area contributed by atoms with Gasteiger partial charge in [0.15, 0.2) is 0 Å². The molecule has 3 aromatic carbocycles. The van der Waals surface area contributed by atoms with Crippen molar-refractivity contribution in [3.05, 3.63) is 160 Å². The van der Waals surface area contributed by atoms with E-state index < -0.39 is 0 Å². The van der Waals surface area contributed by atoms with Crippen molar-refractivity contribution in [1.82, 2.24) is 4.98 Å². The lowest BCUT2D eigenvalue weighted by molar-refractivity contribution is 0.332. The summed E-state index contributed by atoms with van der Waals surface area (Å²) in [5.41, 5.74) is 16.3. The SMILES string of the molecule is CC1(C)C2=C(CCC(N3CCCc4ccccc43)=C2)c2ccc(/C=C/c3ccc(N4c5ccccc5C(C)(C)C5C=CC=CC54)cn3)cc21. The van der Waals surface area contributed by atoms with Gasteiger partial charge in [-0.15, -0.1) is 0 Å². The Hall–Kier alpha value is -4.89. The molecule has 0 radical (unpaired) electrons. The first-order chi connectivity index (χ1) is 23.8. The van der Waals surface area contributed by atoms with Crippen molar-refractivity contribution in [3.63, 3.8) is 0 Å². The molecule has 0 bridgehead atoms. The van der Waals surface area contributed by atoms with E-state index in [1.54, 1.807) is 0 Å². The lowest BCUT2D eigenvalue weighted by Crippen LogP contribution is -2.49. The predicted molar refractivity (Wildman–Crippen MR) is 206 cm³/mol. The maximum atomic E-state index is 4.95. The number of anilines is 3. The van der Waals surface area contributed by atoms with E-state index in [4.69, 9.17) is 4.98 Å². The highest BCUT2D eigenvalue weighted by Crippen LogP contribution is 2.53. The number of benzene rings is 3. The lowest BCUT2D eigenvalue weighted by Gasteiger charge is -2.50. The summed E-state index contributed by atoms with van der Waals surface area (Å²) in [4.78, 5) is 10.0. The third-order valence-corrected chi connectivity index (χ3v) is 12.0. The molecule has 2 unspecified atom stereocenters. The number of rotatable bonds is 4. The predicted octanol–water partition coefficient (Wildman–Crippen LogP) is 11.0. The summed E-state index contributed by atoms with van der Waals surface area (Å²) in [6, 6.07) is 29.6. The summed E-state index contributed by atoms with van der Waals surface area (Å²) in [6.07, 6.45) is 22.7. The third-order valence-electron chi connectivity index (χ3n) is 12.0. The molecule has 3 heteroatoms. The molecule has 0 fully saturated rings. The van der Waals surface area contributed by atoms with Gasteiger partial charge in [-0.1, -0.05) is 113 Å². The molecule has 5 aliphatic rings. The number of allylic oxidation sites excluding steroid dienone is 6. The van der Waals surface area contributed by atoms with E-state index in [9.17, 15) is 0 Å². The van der Waals surface area contributed by atoms with Gasteiger partial charge in [-0.05, 0) is 101 Å².